The number of nitrogens with one attached hydrogen (secondary N) is 2. The summed E-state index contributed by atoms with van der Waals surface area (Å²) in [6.07, 6.45) is -2.32. The standard InChI is InChI=1S/C39H42F3N5O4S/c1-25-8-6-9-26(2)35(25)33-21-34-45-37(44-33)46-52(49,50)32-13-7-12-28(20-32)36(48)47(31(24-51-34)22-38(18-19-38)39(40,41)42)30-16-14-29(15-17-30)43-23-27-10-4-3-5-11-27/h3-13,20-21,29-31,43H,14-19,22-24H2,1-2H3,(H,44,45,46)/t29-,30-,31-/m1/s1. The molecule has 4 bridgehead atoms. The van der Waals surface area contributed by atoms with E-state index in [0.29, 0.717) is 37.9 Å². The molecule has 3 aliphatic rings. The summed E-state index contributed by atoms with van der Waals surface area (Å²) >= 11 is 0. The van der Waals surface area contributed by atoms with Crippen LogP contribution in [0.1, 0.15) is 72.0 Å². The molecule has 274 valence electrons. The van der Waals surface area contributed by atoms with E-state index < -0.39 is 39.6 Å². The van der Waals surface area contributed by atoms with Crippen molar-refractivity contribution in [2.24, 2.45) is 5.41 Å². The van der Waals surface area contributed by atoms with Gasteiger partial charge >= 0.3 is 6.18 Å². The lowest BCUT2D eigenvalue weighted by Gasteiger charge is -2.43. The van der Waals surface area contributed by atoms with Crippen molar-refractivity contribution in [1.82, 2.24) is 20.2 Å². The van der Waals surface area contributed by atoms with Gasteiger partial charge in [0.15, 0.2) is 0 Å². The van der Waals surface area contributed by atoms with E-state index in [4.69, 9.17) is 4.74 Å². The van der Waals surface area contributed by atoms with Crippen molar-refractivity contribution in [1.29, 1.82) is 0 Å². The van der Waals surface area contributed by atoms with Gasteiger partial charge in [-0.05, 0) is 93.7 Å². The van der Waals surface area contributed by atoms with Crippen LogP contribution in [0.4, 0.5) is 19.1 Å². The van der Waals surface area contributed by atoms with Crippen LogP contribution in [0, 0.1) is 19.3 Å². The SMILES string of the molecule is Cc1cccc(C)c1-c1cc2nc(n1)NS(=O)(=O)c1cccc(c1)C(=O)N([C@H]1CC[C@H](NCc3ccccc3)CC1)[C@H](CC1(C(F)(F)F)CC1)CO2. The lowest BCUT2D eigenvalue weighted by Crippen LogP contribution is -2.53. The zero-order chi connectivity index (χ0) is 36.7. The monoisotopic (exact) mass is 733 g/mol. The Kier molecular flexibility index (Phi) is 9.77. The van der Waals surface area contributed by atoms with E-state index in [2.05, 4.69) is 20.0 Å². The summed E-state index contributed by atoms with van der Waals surface area (Å²) in [5.41, 5.74) is 2.19. The van der Waals surface area contributed by atoms with Crippen LogP contribution in [0.15, 0.2) is 83.8 Å². The number of benzene rings is 3. The molecule has 1 atom stereocenters. The van der Waals surface area contributed by atoms with Gasteiger partial charge in [-0.25, -0.2) is 18.1 Å². The van der Waals surface area contributed by atoms with Gasteiger partial charge in [0.25, 0.3) is 15.9 Å². The molecule has 1 aliphatic heterocycles. The summed E-state index contributed by atoms with van der Waals surface area (Å²) in [4.78, 5) is 24.9. The van der Waals surface area contributed by atoms with E-state index in [0.717, 1.165) is 22.3 Å². The number of sulfonamides is 1. The second-order valence-electron chi connectivity index (χ2n) is 14.3. The van der Waals surface area contributed by atoms with Crippen molar-refractivity contribution in [3.63, 3.8) is 0 Å². The molecule has 4 aromatic rings. The Hall–Kier alpha value is -4.49. The Morgan fingerprint density at radius 1 is 0.923 bits per heavy atom. The molecule has 0 unspecified atom stereocenters. The number of fused-ring (bicyclic) bond motifs is 4. The maximum atomic E-state index is 14.6. The molecule has 0 spiro atoms. The van der Waals surface area contributed by atoms with Gasteiger partial charge in [-0.2, -0.15) is 18.2 Å². The lowest BCUT2D eigenvalue weighted by molar-refractivity contribution is -0.193. The van der Waals surface area contributed by atoms with Crippen LogP contribution in [0.2, 0.25) is 0 Å². The topological polar surface area (TPSA) is 114 Å². The highest BCUT2D eigenvalue weighted by atomic mass is 32.2. The number of ether oxygens (including phenoxy) is 1. The number of hydrogen-bond acceptors (Lipinski definition) is 7. The number of alkyl halides is 3. The molecule has 0 radical (unpaired) electrons. The Morgan fingerprint density at radius 2 is 1.62 bits per heavy atom. The molecule has 9 nitrogen and oxygen atoms in total. The molecule has 2 aliphatic carbocycles. The zero-order valence-corrected chi connectivity index (χ0v) is 29.9. The largest absolute Gasteiger partial charge is 0.475 e. The molecule has 3 aromatic carbocycles. The fourth-order valence-corrected chi connectivity index (χ4v) is 8.68. The number of aromatic nitrogens is 2. The van der Waals surface area contributed by atoms with E-state index in [9.17, 15) is 26.4 Å². The van der Waals surface area contributed by atoms with Crippen LogP contribution in [0.25, 0.3) is 11.3 Å². The number of aryl methyl sites for hydroxylation is 2. The van der Waals surface area contributed by atoms with Gasteiger partial charge in [-0.3, -0.25) is 4.79 Å². The summed E-state index contributed by atoms with van der Waals surface area (Å²) in [7, 11) is -4.29. The molecule has 1 aromatic heterocycles. The van der Waals surface area contributed by atoms with Crippen LogP contribution >= 0.6 is 0 Å². The fourth-order valence-electron chi connectivity index (χ4n) is 7.69. The minimum atomic E-state index is -4.46. The van der Waals surface area contributed by atoms with Crippen molar-refractivity contribution >= 4 is 21.9 Å². The van der Waals surface area contributed by atoms with Crippen molar-refractivity contribution in [3.05, 3.63) is 101 Å². The second kappa shape index (κ2) is 14.1. The van der Waals surface area contributed by atoms with Gasteiger partial charge in [0.05, 0.1) is 22.0 Å². The van der Waals surface area contributed by atoms with Gasteiger partial charge in [-0.15, -0.1) is 0 Å². The van der Waals surface area contributed by atoms with Gasteiger partial charge in [0.2, 0.25) is 11.8 Å². The highest BCUT2D eigenvalue weighted by molar-refractivity contribution is 7.92. The Labute approximate surface area is 302 Å². The maximum Gasteiger partial charge on any atom is 0.394 e. The minimum absolute atomic E-state index is 0.0145. The van der Waals surface area contributed by atoms with Crippen LogP contribution < -0.4 is 14.8 Å². The molecular weight excluding hydrogens is 692 g/mol. The number of anilines is 1. The van der Waals surface area contributed by atoms with Crippen LogP contribution in [-0.4, -0.2) is 60.1 Å². The molecule has 7 rings (SSSR count). The molecule has 2 saturated carbocycles. The van der Waals surface area contributed by atoms with Crippen molar-refractivity contribution in [3.8, 4) is 17.1 Å². The summed E-state index contributed by atoms with van der Waals surface area (Å²) in [5.74, 6) is -0.799. The number of rotatable bonds is 7. The van der Waals surface area contributed by atoms with E-state index in [1.165, 1.54) is 24.3 Å². The highest BCUT2D eigenvalue weighted by Gasteiger charge is 2.64. The Morgan fingerprint density at radius 3 is 2.29 bits per heavy atom. The summed E-state index contributed by atoms with van der Waals surface area (Å²) in [6, 6.07) is 21.7. The number of halogens is 3. The highest BCUT2D eigenvalue weighted by Crippen LogP contribution is 2.61. The maximum absolute atomic E-state index is 14.6. The first kappa shape index (κ1) is 35.9. The summed E-state index contributed by atoms with van der Waals surface area (Å²) < 4.78 is 79.9. The molecule has 2 fully saturated rings. The van der Waals surface area contributed by atoms with Crippen molar-refractivity contribution < 1.29 is 31.1 Å². The number of amides is 1. The summed E-state index contributed by atoms with van der Waals surface area (Å²) in [6.45, 7) is 4.22. The molecule has 0 saturated heterocycles. The first-order chi connectivity index (χ1) is 24.8. The van der Waals surface area contributed by atoms with Crippen molar-refractivity contribution in [2.75, 3.05) is 11.3 Å². The molecule has 2 heterocycles. The smallest absolute Gasteiger partial charge is 0.394 e. The second-order valence-corrected chi connectivity index (χ2v) is 16.0. The van der Waals surface area contributed by atoms with E-state index in [-0.39, 0.29) is 54.2 Å². The van der Waals surface area contributed by atoms with E-state index in [1.54, 1.807) is 11.0 Å². The molecule has 52 heavy (non-hydrogen) atoms. The van der Waals surface area contributed by atoms with E-state index >= 15 is 0 Å². The summed E-state index contributed by atoms with van der Waals surface area (Å²) in [5, 5.41) is 3.59. The average molecular weight is 734 g/mol. The predicted octanol–water partition coefficient (Wildman–Crippen LogP) is 7.60. The van der Waals surface area contributed by atoms with Gasteiger partial charge in [0, 0.05) is 35.8 Å². The molecule has 2 N–H and O–H groups in total. The van der Waals surface area contributed by atoms with Crippen molar-refractivity contribution in [2.45, 2.75) is 94.5 Å². The zero-order valence-electron chi connectivity index (χ0n) is 29.1. The average Bonchev–Trinajstić information content (AvgIpc) is 3.91. The van der Waals surface area contributed by atoms with Gasteiger partial charge in [0.1, 0.15) is 6.61 Å². The minimum Gasteiger partial charge on any atom is -0.475 e. The normalized spacial score (nSPS) is 22.6. The number of hydrogen-bond donors (Lipinski definition) is 2. The third-order valence-corrected chi connectivity index (χ3v) is 12.0. The number of carbonyl (C=O) groups is 1. The quantitative estimate of drug-likeness (QED) is 0.201. The number of nitrogens with zero attached hydrogens (tertiary/aromatic N) is 3. The Balaban J connectivity index is 1.27. The number of carbonyl (C=O) groups excluding carboxylic acids is 1. The van der Waals surface area contributed by atoms with Crippen LogP contribution in [-0.2, 0) is 16.6 Å². The molecular formula is C39H42F3N5O4S. The van der Waals surface area contributed by atoms with Crippen LogP contribution in [0.3, 0.4) is 0 Å². The van der Waals surface area contributed by atoms with E-state index in [1.807, 2.05) is 62.4 Å². The van der Waals surface area contributed by atoms with Gasteiger partial charge in [-0.1, -0.05) is 54.6 Å². The Bertz CT molecular complexity index is 2030. The van der Waals surface area contributed by atoms with Crippen LogP contribution in [0.5, 0.6) is 5.88 Å². The predicted molar refractivity (Wildman–Crippen MR) is 191 cm³/mol. The molecule has 1 amide bonds. The lowest BCUT2D eigenvalue weighted by atomic mass is 9.87. The van der Waals surface area contributed by atoms with Gasteiger partial charge < -0.3 is 15.0 Å². The first-order valence-electron chi connectivity index (χ1n) is 17.7. The molecule has 13 heteroatoms. The third-order valence-electron chi connectivity index (χ3n) is 10.7. The fraction of sp³-hybridized carbons (Fsp3) is 0.410. The third kappa shape index (κ3) is 7.52. The first-order valence-corrected chi connectivity index (χ1v) is 19.2.